The van der Waals surface area contributed by atoms with Gasteiger partial charge in [0.2, 0.25) is 0 Å². The summed E-state index contributed by atoms with van der Waals surface area (Å²) in [6.45, 7) is 1.58. The summed E-state index contributed by atoms with van der Waals surface area (Å²) in [6.07, 6.45) is 2.52. The second-order valence-corrected chi connectivity index (χ2v) is 3.59. The van der Waals surface area contributed by atoms with Gasteiger partial charge in [0.25, 0.3) is 0 Å². The fraction of sp³-hybridized carbons (Fsp3) is 0.500. The third-order valence-electron chi connectivity index (χ3n) is 0.620. The summed E-state index contributed by atoms with van der Waals surface area (Å²) in [5.41, 5.74) is 0. The molecule has 0 saturated carbocycles. The largest absolute Gasteiger partial charge is 1.00 e. The van der Waals surface area contributed by atoms with Gasteiger partial charge in [0.1, 0.15) is 14.8 Å². The molecule has 0 aromatic rings. The van der Waals surface area contributed by atoms with E-state index < -0.39 is 14.8 Å². The van der Waals surface area contributed by atoms with Crippen molar-refractivity contribution in [2.75, 3.05) is 0 Å². The van der Waals surface area contributed by atoms with Gasteiger partial charge in [-0.05, 0) is 6.92 Å². The van der Waals surface area contributed by atoms with Crippen molar-refractivity contribution in [3.8, 4) is 0 Å². The van der Waals surface area contributed by atoms with Crippen LogP contribution in [0.2, 0.25) is 0 Å². The average Bonchev–Trinajstić information content (AvgIpc) is 1.64. The van der Waals surface area contributed by atoms with Crippen LogP contribution < -0.4 is 29.6 Å². The Morgan fingerprint density at radius 3 is 2.10 bits per heavy atom. The zero-order valence-corrected chi connectivity index (χ0v) is 9.32. The quantitative estimate of drug-likeness (QED) is 0.214. The van der Waals surface area contributed by atoms with Crippen molar-refractivity contribution in [2.45, 2.75) is 11.6 Å². The van der Waals surface area contributed by atoms with E-state index in [1.807, 2.05) is 0 Å². The van der Waals surface area contributed by atoms with Crippen LogP contribution in [0.5, 0.6) is 0 Å². The van der Waals surface area contributed by atoms with Gasteiger partial charge in [-0.1, -0.05) is 12.2 Å². The first-order valence-electron chi connectivity index (χ1n) is 2.20. The first-order valence-corrected chi connectivity index (χ1v) is 4.11. The number of hydrogen-bond acceptors (Lipinski definition) is 3. The van der Waals surface area contributed by atoms with Crippen molar-refractivity contribution in [1.82, 2.24) is 0 Å². The van der Waals surface area contributed by atoms with E-state index in [4.69, 9.17) is 11.6 Å². The molecule has 0 aliphatic heterocycles. The molecule has 3 nitrogen and oxygen atoms in total. The Labute approximate surface area is 87.5 Å². The first-order chi connectivity index (χ1) is 3.98. The van der Waals surface area contributed by atoms with Crippen LogP contribution >= 0.6 is 11.6 Å². The predicted molar refractivity (Wildman–Crippen MR) is 34.2 cm³/mol. The average molecular weight is 193 g/mol. The zero-order valence-electron chi connectivity index (χ0n) is 5.74. The molecule has 1 unspecified atom stereocenters. The van der Waals surface area contributed by atoms with Gasteiger partial charge >= 0.3 is 29.6 Å². The van der Waals surface area contributed by atoms with Crippen LogP contribution in [0.25, 0.3) is 0 Å². The molecule has 0 saturated heterocycles. The van der Waals surface area contributed by atoms with Crippen LogP contribution in [-0.2, 0) is 10.1 Å². The van der Waals surface area contributed by atoms with Gasteiger partial charge in [0.05, 0.1) is 0 Å². The molecule has 0 radical (unpaired) electrons. The smallest absolute Gasteiger partial charge is 0.747 e. The normalized spacial score (nSPS) is 14.7. The van der Waals surface area contributed by atoms with E-state index in [2.05, 4.69) is 0 Å². The third kappa shape index (κ3) is 5.70. The molecule has 0 aromatic carbocycles. The van der Waals surface area contributed by atoms with Crippen molar-refractivity contribution in [3.63, 3.8) is 0 Å². The summed E-state index contributed by atoms with van der Waals surface area (Å²) in [4.78, 5) is 0. The molecule has 10 heavy (non-hydrogen) atoms. The van der Waals surface area contributed by atoms with Crippen LogP contribution in [0.15, 0.2) is 12.2 Å². The van der Waals surface area contributed by atoms with Crippen LogP contribution in [0.1, 0.15) is 6.92 Å². The number of hydrogen-bond donors (Lipinski definition) is 0. The summed E-state index contributed by atoms with van der Waals surface area (Å²) in [6, 6.07) is 0. The van der Waals surface area contributed by atoms with Gasteiger partial charge < -0.3 is 4.55 Å². The molecule has 6 heteroatoms. The minimum Gasteiger partial charge on any atom is -0.747 e. The number of halogens is 1. The molecule has 0 N–H and O–H groups in total. The SMILES string of the molecule is CC=CC(Cl)S(=O)(=O)[O-].[Na+]. The van der Waals surface area contributed by atoms with Gasteiger partial charge in [0, 0.05) is 0 Å². The fourth-order valence-corrected chi connectivity index (χ4v) is 0.743. The Kier molecular flexibility index (Phi) is 7.54. The summed E-state index contributed by atoms with van der Waals surface area (Å²) < 4.78 is 28.5. The molecule has 0 amide bonds. The van der Waals surface area contributed by atoms with Crippen LogP contribution in [-0.4, -0.2) is 17.7 Å². The Hall–Kier alpha value is 0.940. The fourth-order valence-electron chi connectivity index (χ4n) is 0.248. The summed E-state index contributed by atoms with van der Waals surface area (Å²) in [7, 11) is -4.34. The summed E-state index contributed by atoms with van der Waals surface area (Å²) in [5, 5.41) is 0. The van der Waals surface area contributed by atoms with E-state index in [0.29, 0.717) is 0 Å². The second kappa shape index (κ2) is 5.57. The molecule has 0 aromatic heterocycles. The zero-order chi connectivity index (χ0) is 7.49. The monoisotopic (exact) mass is 192 g/mol. The van der Waals surface area contributed by atoms with Gasteiger partial charge in [-0.3, -0.25) is 0 Å². The summed E-state index contributed by atoms with van der Waals surface area (Å²) >= 11 is 5.07. The molecule has 0 fully saturated rings. The standard InChI is InChI=1S/C4H7ClO3S.Na/c1-2-3-4(5)9(6,7)8;/h2-4H,1H3,(H,6,7,8);/q;+1/p-1. The van der Waals surface area contributed by atoms with E-state index in [1.54, 1.807) is 6.92 Å². The van der Waals surface area contributed by atoms with Crippen molar-refractivity contribution in [3.05, 3.63) is 12.2 Å². The number of alkyl halides is 1. The molecule has 1 atom stereocenters. The second-order valence-electron chi connectivity index (χ2n) is 1.37. The van der Waals surface area contributed by atoms with E-state index in [-0.39, 0.29) is 29.6 Å². The van der Waals surface area contributed by atoms with Gasteiger partial charge in [-0.25, -0.2) is 8.42 Å². The van der Waals surface area contributed by atoms with E-state index in [1.165, 1.54) is 6.08 Å². The predicted octanol–water partition coefficient (Wildman–Crippen LogP) is -2.32. The van der Waals surface area contributed by atoms with Gasteiger partial charge in [-0.2, -0.15) is 0 Å². The molecule has 0 aliphatic carbocycles. The molecular formula is C4H6ClNaO3S. The van der Waals surface area contributed by atoms with E-state index in [9.17, 15) is 13.0 Å². The van der Waals surface area contributed by atoms with Crippen molar-refractivity contribution >= 4 is 21.7 Å². The minimum absolute atomic E-state index is 0. The maximum atomic E-state index is 9.98. The van der Waals surface area contributed by atoms with Crippen molar-refractivity contribution in [2.24, 2.45) is 0 Å². The van der Waals surface area contributed by atoms with Crippen LogP contribution in [0, 0.1) is 0 Å². The topological polar surface area (TPSA) is 57.2 Å². The molecule has 0 aliphatic rings. The van der Waals surface area contributed by atoms with Gasteiger partial charge in [-0.15, -0.1) is 11.6 Å². The molecule has 0 rings (SSSR count). The Morgan fingerprint density at radius 1 is 1.60 bits per heavy atom. The van der Waals surface area contributed by atoms with Gasteiger partial charge in [0.15, 0.2) is 0 Å². The molecule has 0 bridgehead atoms. The Morgan fingerprint density at radius 2 is 2.00 bits per heavy atom. The first kappa shape index (κ1) is 13.5. The number of allylic oxidation sites excluding steroid dienone is 1. The molecule has 0 spiro atoms. The number of rotatable bonds is 2. The Bertz CT molecular complexity index is 199. The third-order valence-corrected chi connectivity index (χ3v) is 2.13. The molecular weight excluding hydrogens is 187 g/mol. The van der Waals surface area contributed by atoms with Crippen LogP contribution in [0.4, 0.5) is 0 Å². The van der Waals surface area contributed by atoms with E-state index >= 15 is 0 Å². The maximum Gasteiger partial charge on any atom is 1.00 e. The molecule has 0 heterocycles. The Balaban J connectivity index is 0. The van der Waals surface area contributed by atoms with Crippen molar-refractivity contribution in [1.29, 1.82) is 0 Å². The van der Waals surface area contributed by atoms with Crippen molar-refractivity contribution < 1.29 is 42.5 Å². The summed E-state index contributed by atoms with van der Waals surface area (Å²) in [5.74, 6) is 0. The maximum absolute atomic E-state index is 9.98. The minimum atomic E-state index is -4.34. The van der Waals surface area contributed by atoms with E-state index in [0.717, 1.165) is 6.08 Å². The van der Waals surface area contributed by atoms with Crippen LogP contribution in [0.3, 0.4) is 0 Å². The molecule has 54 valence electrons.